The summed E-state index contributed by atoms with van der Waals surface area (Å²) >= 11 is 3.23. The molecule has 2 aromatic carbocycles. The molecule has 0 radical (unpaired) electrons. The highest BCUT2D eigenvalue weighted by atomic mass is 32.2. The van der Waals surface area contributed by atoms with Gasteiger partial charge in [0.1, 0.15) is 5.75 Å². The van der Waals surface area contributed by atoms with Crippen molar-refractivity contribution in [2.24, 2.45) is 0 Å². The van der Waals surface area contributed by atoms with E-state index in [4.69, 9.17) is 4.74 Å². The maximum Gasteiger partial charge on any atom is 0.233 e. The molecule has 1 unspecified atom stereocenters. The van der Waals surface area contributed by atoms with Crippen molar-refractivity contribution in [3.8, 4) is 22.8 Å². The standard InChI is InChI=1S/C26H26N4O2S2/c1-3-22-21-13-15-33-23(21)12-14-29(22)24(31)17-34-26-28-27-25(18-8-7-11-20(16-18)32-2)30(26)19-9-5-4-6-10-19/h4-11,13,15-16,22H,3,12,14,17H2,1-2H3. The van der Waals surface area contributed by atoms with E-state index in [-0.39, 0.29) is 11.9 Å². The van der Waals surface area contributed by atoms with E-state index in [0.29, 0.717) is 16.7 Å². The van der Waals surface area contributed by atoms with E-state index >= 15 is 0 Å². The molecule has 1 atom stereocenters. The largest absolute Gasteiger partial charge is 0.497 e. The number of hydrogen-bond donors (Lipinski definition) is 0. The van der Waals surface area contributed by atoms with E-state index in [2.05, 4.69) is 28.6 Å². The van der Waals surface area contributed by atoms with Crippen molar-refractivity contribution in [2.45, 2.75) is 31.0 Å². The number of amides is 1. The molecule has 2 aromatic heterocycles. The summed E-state index contributed by atoms with van der Waals surface area (Å²) < 4.78 is 7.41. The number of hydrogen-bond acceptors (Lipinski definition) is 6. The molecule has 3 heterocycles. The molecular weight excluding hydrogens is 464 g/mol. The van der Waals surface area contributed by atoms with Gasteiger partial charge in [-0.05, 0) is 54.1 Å². The van der Waals surface area contributed by atoms with Crippen LogP contribution in [0.2, 0.25) is 0 Å². The van der Waals surface area contributed by atoms with Gasteiger partial charge in [-0.3, -0.25) is 9.36 Å². The van der Waals surface area contributed by atoms with Gasteiger partial charge in [-0.25, -0.2) is 0 Å². The molecule has 1 aliphatic heterocycles. The van der Waals surface area contributed by atoms with E-state index in [1.54, 1.807) is 18.4 Å². The number of nitrogens with zero attached hydrogens (tertiary/aromatic N) is 4. The first-order chi connectivity index (χ1) is 16.7. The quantitative estimate of drug-likeness (QED) is 0.314. The summed E-state index contributed by atoms with van der Waals surface area (Å²) in [4.78, 5) is 16.8. The van der Waals surface area contributed by atoms with Crippen molar-refractivity contribution in [3.63, 3.8) is 0 Å². The topological polar surface area (TPSA) is 60.3 Å². The van der Waals surface area contributed by atoms with Crippen LogP contribution in [0.1, 0.15) is 29.8 Å². The van der Waals surface area contributed by atoms with Gasteiger partial charge in [0.05, 0.1) is 18.9 Å². The monoisotopic (exact) mass is 490 g/mol. The first kappa shape index (κ1) is 22.7. The Balaban J connectivity index is 1.42. The van der Waals surface area contributed by atoms with Gasteiger partial charge in [-0.2, -0.15) is 0 Å². The maximum absolute atomic E-state index is 13.3. The molecule has 4 aromatic rings. The molecule has 0 N–H and O–H groups in total. The van der Waals surface area contributed by atoms with Gasteiger partial charge in [0.25, 0.3) is 0 Å². The number of methoxy groups -OCH3 is 1. The van der Waals surface area contributed by atoms with Crippen molar-refractivity contribution in [1.82, 2.24) is 19.7 Å². The number of aromatic nitrogens is 3. The van der Waals surface area contributed by atoms with Crippen molar-refractivity contribution in [2.75, 3.05) is 19.4 Å². The minimum Gasteiger partial charge on any atom is -0.497 e. The lowest BCUT2D eigenvalue weighted by Gasteiger charge is -2.35. The smallest absolute Gasteiger partial charge is 0.233 e. The molecule has 0 fully saturated rings. The molecule has 6 nitrogen and oxygen atoms in total. The van der Waals surface area contributed by atoms with Gasteiger partial charge in [-0.15, -0.1) is 21.5 Å². The fourth-order valence-corrected chi connectivity index (χ4v) is 6.23. The Hall–Kier alpha value is -3.10. The summed E-state index contributed by atoms with van der Waals surface area (Å²) in [5.41, 5.74) is 3.17. The third kappa shape index (κ3) is 4.35. The van der Waals surface area contributed by atoms with E-state index < -0.39 is 0 Å². The van der Waals surface area contributed by atoms with Gasteiger partial charge in [0.15, 0.2) is 11.0 Å². The normalized spacial score (nSPS) is 15.2. The fraction of sp³-hybridized carbons (Fsp3) is 0.269. The molecule has 5 rings (SSSR count). The van der Waals surface area contributed by atoms with Gasteiger partial charge in [-0.1, -0.05) is 49.0 Å². The van der Waals surface area contributed by atoms with Crippen molar-refractivity contribution < 1.29 is 9.53 Å². The highest BCUT2D eigenvalue weighted by molar-refractivity contribution is 7.99. The second kappa shape index (κ2) is 10.0. The lowest BCUT2D eigenvalue weighted by Crippen LogP contribution is -2.40. The molecule has 174 valence electrons. The molecule has 0 saturated carbocycles. The van der Waals surface area contributed by atoms with Gasteiger partial charge >= 0.3 is 0 Å². The van der Waals surface area contributed by atoms with Crippen LogP contribution in [-0.4, -0.2) is 45.0 Å². The number of carbonyl (C=O) groups excluding carboxylic acids is 1. The van der Waals surface area contributed by atoms with Crippen LogP contribution < -0.4 is 4.74 Å². The van der Waals surface area contributed by atoms with Crippen LogP contribution in [0.15, 0.2) is 71.2 Å². The first-order valence-electron chi connectivity index (χ1n) is 11.3. The Morgan fingerprint density at radius 1 is 1.15 bits per heavy atom. The summed E-state index contributed by atoms with van der Waals surface area (Å²) in [5.74, 6) is 1.93. The average molecular weight is 491 g/mol. The predicted molar refractivity (Wildman–Crippen MR) is 137 cm³/mol. The number of thioether (sulfide) groups is 1. The van der Waals surface area contributed by atoms with Crippen LogP contribution in [0.25, 0.3) is 17.1 Å². The summed E-state index contributed by atoms with van der Waals surface area (Å²) in [7, 11) is 1.65. The number of benzene rings is 2. The van der Waals surface area contributed by atoms with Gasteiger partial charge in [0, 0.05) is 22.7 Å². The lowest BCUT2D eigenvalue weighted by atomic mass is 9.98. The number of fused-ring (bicyclic) bond motifs is 1. The Morgan fingerprint density at radius 3 is 2.79 bits per heavy atom. The van der Waals surface area contributed by atoms with Crippen LogP contribution in [0.5, 0.6) is 5.75 Å². The van der Waals surface area contributed by atoms with Crippen LogP contribution in [0.4, 0.5) is 0 Å². The predicted octanol–water partition coefficient (Wildman–Crippen LogP) is 5.63. The van der Waals surface area contributed by atoms with E-state index in [1.807, 2.05) is 64.1 Å². The second-order valence-corrected chi connectivity index (χ2v) is 10.0. The van der Waals surface area contributed by atoms with Crippen LogP contribution in [0.3, 0.4) is 0 Å². The van der Waals surface area contributed by atoms with E-state index in [1.165, 1.54) is 22.2 Å². The van der Waals surface area contributed by atoms with Crippen LogP contribution >= 0.6 is 23.1 Å². The zero-order valence-electron chi connectivity index (χ0n) is 19.2. The van der Waals surface area contributed by atoms with E-state index in [0.717, 1.165) is 36.4 Å². The van der Waals surface area contributed by atoms with Crippen molar-refractivity contribution in [1.29, 1.82) is 0 Å². The summed E-state index contributed by atoms with van der Waals surface area (Å²) in [6.07, 6.45) is 1.85. The fourth-order valence-electron chi connectivity index (χ4n) is 4.47. The highest BCUT2D eigenvalue weighted by Gasteiger charge is 2.30. The SMILES string of the molecule is CCC1c2ccsc2CCN1C(=O)CSc1nnc(-c2cccc(OC)c2)n1-c1ccccc1. The maximum atomic E-state index is 13.3. The molecular formula is C26H26N4O2S2. The molecule has 0 aliphatic carbocycles. The lowest BCUT2D eigenvalue weighted by molar-refractivity contribution is -0.131. The molecule has 8 heteroatoms. The van der Waals surface area contributed by atoms with E-state index in [9.17, 15) is 4.79 Å². The van der Waals surface area contributed by atoms with Crippen molar-refractivity contribution in [3.05, 3.63) is 76.5 Å². The van der Waals surface area contributed by atoms with Crippen LogP contribution in [0, 0.1) is 0 Å². The Kier molecular flexibility index (Phi) is 6.69. The minimum atomic E-state index is 0.138. The molecule has 1 amide bonds. The number of ether oxygens (including phenoxy) is 1. The number of carbonyl (C=O) groups is 1. The Morgan fingerprint density at radius 2 is 2.00 bits per heavy atom. The molecule has 0 saturated heterocycles. The summed E-state index contributed by atoms with van der Waals surface area (Å²) in [6.45, 7) is 2.92. The molecule has 0 spiro atoms. The molecule has 1 aliphatic rings. The highest BCUT2D eigenvalue weighted by Crippen LogP contribution is 2.36. The zero-order valence-corrected chi connectivity index (χ0v) is 20.8. The second-order valence-electron chi connectivity index (χ2n) is 8.06. The third-order valence-electron chi connectivity index (χ3n) is 6.10. The Labute approximate surface area is 207 Å². The third-order valence-corrected chi connectivity index (χ3v) is 8.01. The molecule has 34 heavy (non-hydrogen) atoms. The minimum absolute atomic E-state index is 0.138. The summed E-state index contributed by atoms with van der Waals surface area (Å²) in [6, 6.07) is 20.1. The first-order valence-corrected chi connectivity index (χ1v) is 13.2. The number of thiophene rings is 1. The average Bonchev–Trinajstić information content (AvgIpc) is 3.54. The molecule has 0 bridgehead atoms. The number of rotatable bonds is 7. The van der Waals surface area contributed by atoms with Gasteiger partial charge < -0.3 is 9.64 Å². The van der Waals surface area contributed by atoms with Gasteiger partial charge in [0.2, 0.25) is 5.91 Å². The summed E-state index contributed by atoms with van der Waals surface area (Å²) in [5, 5.41) is 11.8. The van der Waals surface area contributed by atoms with Crippen LogP contribution in [-0.2, 0) is 11.2 Å². The zero-order chi connectivity index (χ0) is 23.5. The van der Waals surface area contributed by atoms with Crippen molar-refractivity contribution >= 4 is 29.0 Å². The Bertz CT molecular complexity index is 1280. The number of para-hydroxylation sites is 1.